The maximum Gasteiger partial charge on any atom is 0.241 e. The smallest absolute Gasteiger partial charge is 0.241 e. The Morgan fingerprint density at radius 3 is 2.81 bits per heavy atom. The van der Waals surface area contributed by atoms with Gasteiger partial charge in [-0.3, -0.25) is 9.89 Å². The van der Waals surface area contributed by atoms with E-state index in [1.807, 2.05) is 20.8 Å². The maximum atomic E-state index is 12.1. The molecule has 0 aliphatic carbocycles. The third-order valence-electron chi connectivity index (χ3n) is 3.18. The summed E-state index contributed by atoms with van der Waals surface area (Å²) >= 11 is 1.73. The maximum absolute atomic E-state index is 12.1. The number of aryl methyl sites for hydroxylation is 1. The minimum absolute atomic E-state index is 0.0737. The lowest BCUT2D eigenvalue weighted by atomic mass is 10.0. The van der Waals surface area contributed by atoms with E-state index in [4.69, 9.17) is 0 Å². The van der Waals surface area contributed by atoms with Crippen LogP contribution in [-0.4, -0.2) is 26.6 Å². The van der Waals surface area contributed by atoms with Crippen LogP contribution < -0.4 is 5.32 Å². The summed E-state index contributed by atoms with van der Waals surface area (Å²) in [4.78, 5) is 12.1. The van der Waals surface area contributed by atoms with Crippen molar-refractivity contribution in [3.8, 4) is 0 Å². The molecule has 16 heavy (non-hydrogen) atoms. The summed E-state index contributed by atoms with van der Waals surface area (Å²) in [5.41, 5.74) is 2.01. The fourth-order valence-electron chi connectivity index (χ4n) is 1.80. The first-order valence-corrected chi connectivity index (χ1v) is 6.48. The standard InChI is InChI=1S/C11H17N3OS/c1-7-8(2)13-14-9(7)12-10(15)11(3)5-4-6-16-11/h4-6H2,1-3H3,(H2,12,13,14,15). The number of carbonyl (C=O) groups is 1. The van der Waals surface area contributed by atoms with Crippen molar-refractivity contribution in [2.24, 2.45) is 0 Å². The zero-order chi connectivity index (χ0) is 11.8. The highest BCUT2D eigenvalue weighted by atomic mass is 32.2. The highest BCUT2D eigenvalue weighted by Crippen LogP contribution is 2.38. The molecule has 1 fully saturated rings. The third kappa shape index (κ3) is 1.96. The second-order valence-electron chi connectivity index (χ2n) is 4.46. The van der Waals surface area contributed by atoms with E-state index in [0.717, 1.165) is 29.9 Å². The highest BCUT2D eigenvalue weighted by Gasteiger charge is 2.37. The number of anilines is 1. The second kappa shape index (κ2) is 4.13. The molecule has 5 heteroatoms. The van der Waals surface area contributed by atoms with Crippen molar-refractivity contribution in [2.75, 3.05) is 11.1 Å². The molecule has 0 spiro atoms. The van der Waals surface area contributed by atoms with Crippen LogP contribution in [0.3, 0.4) is 0 Å². The SMILES string of the molecule is Cc1[nH]nc(NC(=O)C2(C)CCCS2)c1C. The lowest BCUT2D eigenvalue weighted by Crippen LogP contribution is -2.35. The molecule has 2 N–H and O–H groups in total. The highest BCUT2D eigenvalue weighted by molar-refractivity contribution is 8.01. The topological polar surface area (TPSA) is 57.8 Å². The van der Waals surface area contributed by atoms with E-state index in [-0.39, 0.29) is 10.7 Å². The summed E-state index contributed by atoms with van der Waals surface area (Å²) < 4.78 is -0.278. The van der Waals surface area contributed by atoms with Crippen molar-refractivity contribution in [2.45, 2.75) is 38.4 Å². The Balaban J connectivity index is 2.10. The first kappa shape index (κ1) is 11.5. The molecule has 1 aromatic heterocycles. The van der Waals surface area contributed by atoms with Crippen LogP contribution in [0.25, 0.3) is 0 Å². The van der Waals surface area contributed by atoms with Gasteiger partial charge in [-0.05, 0) is 39.4 Å². The average Bonchev–Trinajstić information content (AvgIpc) is 2.81. The molecule has 2 rings (SSSR count). The largest absolute Gasteiger partial charge is 0.308 e. The predicted molar refractivity (Wildman–Crippen MR) is 66.8 cm³/mol. The Morgan fingerprint density at radius 2 is 2.31 bits per heavy atom. The number of thioether (sulfide) groups is 1. The molecule has 4 nitrogen and oxygen atoms in total. The first-order chi connectivity index (χ1) is 7.53. The number of nitrogens with one attached hydrogen (secondary N) is 2. The number of hydrogen-bond donors (Lipinski definition) is 2. The molecule has 1 unspecified atom stereocenters. The summed E-state index contributed by atoms with van der Waals surface area (Å²) in [6, 6.07) is 0. The van der Waals surface area contributed by atoms with Gasteiger partial charge in [-0.2, -0.15) is 5.10 Å². The van der Waals surface area contributed by atoms with Gasteiger partial charge in [-0.1, -0.05) is 0 Å². The van der Waals surface area contributed by atoms with Crippen LogP contribution in [-0.2, 0) is 4.79 Å². The van der Waals surface area contributed by atoms with Crippen LogP contribution in [0, 0.1) is 13.8 Å². The molecule has 0 saturated carbocycles. The minimum atomic E-state index is -0.278. The number of H-pyrrole nitrogens is 1. The quantitative estimate of drug-likeness (QED) is 0.832. The number of nitrogens with zero attached hydrogens (tertiary/aromatic N) is 1. The van der Waals surface area contributed by atoms with Crippen LogP contribution in [0.5, 0.6) is 0 Å². The minimum Gasteiger partial charge on any atom is -0.308 e. The number of rotatable bonds is 2. The Hall–Kier alpha value is -0.970. The van der Waals surface area contributed by atoms with E-state index in [9.17, 15) is 4.79 Å². The van der Waals surface area contributed by atoms with Crippen LogP contribution in [0.4, 0.5) is 5.82 Å². The molecular formula is C11H17N3OS. The van der Waals surface area contributed by atoms with Gasteiger partial charge < -0.3 is 5.32 Å². The Labute approximate surface area is 99.6 Å². The molecule has 0 radical (unpaired) electrons. The number of aromatic nitrogens is 2. The first-order valence-electron chi connectivity index (χ1n) is 5.50. The van der Waals surface area contributed by atoms with Crippen LogP contribution in [0.2, 0.25) is 0 Å². The number of amides is 1. The molecule has 1 aliphatic heterocycles. The van der Waals surface area contributed by atoms with Gasteiger partial charge in [-0.25, -0.2) is 0 Å². The van der Waals surface area contributed by atoms with Crippen molar-refractivity contribution in [1.82, 2.24) is 10.2 Å². The van der Waals surface area contributed by atoms with E-state index >= 15 is 0 Å². The molecule has 88 valence electrons. The molecule has 1 atom stereocenters. The van der Waals surface area contributed by atoms with Gasteiger partial charge in [-0.15, -0.1) is 11.8 Å². The monoisotopic (exact) mass is 239 g/mol. The van der Waals surface area contributed by atoms with Crippen LogP contribution in [0.1, 0.15) is 31.0 Å². The lowest BCUT2D eigenvalue weighted by molar-refractivity contribution is -0.118. The average molecular weight is 239 g/mol. The van der Waals surface area contributed by atoms with Gasteiger partial charge in [0.1, 0.15) is 0 Å². The van der Waals surface area contributed by atoms with Gasteiger partial charge in [0.2, 0.25) is 5.91 Å². The van der Waals surface area contributed by atoms with Gasteiger partial charge in [0, 0.05) is 11.3 Å². The summed E-state index contributed by atoms with van der Waals surface area (Å²) in [5, 5.41) is 9.88. The summed E-state index contributed by atoms with van der Waals surface area (Å²) in [6.45, 7) is 5.91. The molecule has 0 bridgehead atoms. The summed E-state index contributed by atoms with van der Waals surface area (Å²) in [6.07, 6.45) is 2.07. The van der Waals surface area contributed by atoms with Gasteiger partial charge in [0.05, 0.1) is 4.75 Å². The molecule has 2 heterocycles. The number of carbonyl (C=O) groups excluding carboxylic acids is 1. The molecule has 1 aliphatic rings. The van der Waals surface area contributed by atoms with E-state index in [1.54, 1.807) is 11.8 Å². The molecular weight excluding hydrogens is 222 g/mol. The summed E-state index contributed by atoms with van der Waals surface area (Å²) in [5.74, 6) is 1.81. The number of hydrogen-bond acceptors (Lipinski definition) is 3. The fourth-order valence-corrected chi connectivity index (χ4v) is 3.01. The number of aromatic amines is 1. The zero-order valence-electron chi connectivity index (χ0n) is 9.89. The van der Waals surface area contributed by atoms with Crippen molar-refractivity contribution in [1.29, 1.82) is 0 Å². The molecule has 0 aromatic carbocycles. The van der Waals surface area contributed by atoms with Gasteiger partial charge in [0.25, 0.3) is 0 Å². The van der Waals surface area contributed by atoms with Gasteiger partial charge >= 0.3 is 0 Å². The Bertz CT molecular complexity index is 407. The van der Waals surface area contributed by atoms with E-state index < -0.39 is 0 Å². The second-order valence-corrected chi connectivity index (χ2v) is 6.06. The van der Waals surface area contributed by atoms with E-state index in [0.29, 0.717) is 5.82 Å². The summed E-state index contributed by atoms with van der Waals surface area (Å²) in [7, 11) is 0. The van der Waals surface area contributed by atoms with E-state index in [1.165, 1.54) is 0 Å². The molecule has 1 aromatic rings. The van der Waals surface area contributed by atoms with Crippen molar-refractivity contribution in [3.05, 3.63) is 11.3 Å². The van der Waals surface area contributed by atoms with Crippen molar-refractivity contribution < 1.29 is 4.79 Å². The van der Waals surface area contributed by atoms with Crippen LogP contribution in [0.15, 0.2) is 0 Å². The Morgan fingerprint density at radius 1 is 1.56 bits per heavy atom. The van der Waals surface area contributed by atoms with Crippen molar-refractivity contribution in [3.63, 3.8) is 0 Å². The molecule has 1 amide bonds. The van der Waals surface area contributed by atoms with E-state index in [2.05, 4.69) is 15.5 Å². The normalized spacial score (nSPS) is 24.7. The third-order valence-corrected chi connectivity index (χ3v) is 4.70. The van der Waals surface area contributed by atoms with Gasteiger partial charge in [0.15, 0.2) is 5.82 Å². The van der Waals surface area contributed by atoms with Crippen LogP contribution >= 0.6 is 11.8 Å². The predicted octanol–water partition coefficient (Wildman–Crippen LogP) is 2.25. The zero-order valence-corrected chi connectivity index (χ0v) is 10.7. The van der Waals surface area contributed by atoms with Crippen molar-refractivity contribution >= 4 is 23.5 Å². The lowest BCUT2D eigenvalue weighted by Gasteiger charge is -2.20. The Kier molecular flexibility index (Phi) is 2.97. The molecule has 1 saturated heterocycles. The fraction of sp³-hybridized carbons (Fsp3) is 0.636.